The molecule has 0 saturated heterocycles. The predicted molar refractivity (Wildman–Crippen MR) is 325 cm³/mol. The molecule has 0 bridgehead atoms. The Morgan fingerprint density at radius 3 is 1.71 bits per heavy atom. The summed E-state index contributed by atoms with van der Waals surface area (Å²) in [5.41, 5.74) is 23.8. The molecule has 0 unspecified atom stereocenters. The smallest absolute Gasteiger partial charge is 0.256 e. The maximum Gasteiger partial charge on any atom is 0.256 e. The summed E-state index contributed by atoms with van der Waals surface area (Å²) in [6, 6.07) is 84.1. The molecule has 0 aliphatic carbocycles. The first kappa shape index (κ1) is 43.6. The van der Waals surface area contributed by atoms with Crippen LogP contribution in [0.25, 0.3) is 55.0 Å². The number of furan rings is 2. The van der Waals surface area contributed by atoms with Crippen LogP contribution in [0.3, 0.4) is 0 Å². The van der Waals surface area contributed by atoms with E-state index >= 15 is 0 Å². The van der Waals surface area contributed by atoms with E-state index in [0.717, 1.165) is 129 Å². The molecule has 4 aliphatic rings. The van der Waals surface area contributed by atoms with E-state index in [2.05, 4.69) is 260 Å². The Labute approximate surface area is 452 Å². The van der Waals surface area contributed by atoms with Gasteiger partial charge < -0.3 is 28.3 Å². The fourth-order valence-corrected chi connectivity index (χ4v) is 13.7. The highest BCUT2D eigenvalue weighted by Crippen LogP contribution is 2.53. The van der Waals surface area contributed by atoms with Crippen LogP contribution < -0.4 is 52.2 Å². The molecule has 0 N–H and O–H groups in total. The van der Waals surface area contributed by atoms with Gasteiger partial charge in [-0.1, -0.05) is 172 Å². The zero-order chi connectivity index (χ0) is 51.5. The van der Waals surface area contributed by atoms with Gasteiger partial charge >= 0.3 is 0 Å². The van der Waals surface area contributed by atoms with Gasteiger partial charge in [-0.3, -0.25) is 0 Å². The van der Waals surface area contributed by atoms with E-state index < -0.39 is 0 Å². The van der Waals surface area contributed by atoms with Gasteiger partial charge in [0.1, 0.15) is 33.8 Å². The molecule has 0 saturated carbocycles. The van der Waals surface area contributed by atoms with Gasteiger partial charge in [0.05, 0.1) is 22.1 Å². The quantitative estimate of drug-likeness (QED) is 0.164. The van der Waals surface area contributed by atoms with Gasteiger partial charge in [0.15, 0.2) is 0 Å². The van der Waals surface area contributed by atoms with Crippen LogP contribution in [0.2, 0.25) is 0 Å². The molecule has 0 fully saturated rings. The number of benzene rings is 11. The summed E-state index contributed by atoms with van der Waals surface area (Å²) in [6.45, 7) is 6.51. The van der Waals surface area contributed by atoms with Crippen molar-refractivity contribution in [3.05, 3.63) is 236 Å². The third-order valence-corrected chi connectivity index (χ3v) is 17.0. The number of anilines is 9. The monoisotopic (exact) mass is 999 g/mol. The summed E-state index contributed by atoms with van der Waals surface area (Å²) in [5, 5.41) is 4.26. The molecule has 366 valence electrons. The van der Waals surface area contributed by atoms with Gasteiger partial charge in [0.2, 0.25) is 0 Å². The van der Waals surface area contributed by atoms with Gasteiger partial charge in [-0.05, 0) is 116 Å². The minimum absolute atomic E-state index is 0.0845. The van der Waals surface area contributed by atoms with Gasteiger partial charge in [-0.2, -0.15) is 0 Å². The second kappa shape index (κ2) is 15.9. The highest BCUT2D eigenvalue weighted by Gasteiger charge is 2.49. The van der Waals surface area contributed by atoms with Crippen molar-refractivity contribution >= 4 is 141 Å². The summed E-state index contributed by atoms with van der Waals surface area (Å²) in [5.74, 6) is 1.70. The number of rotatable bonds is 4. The lowest BCUT2D eigenvalue weighted by Crippen LogP contribution is -2.64. The zero-order valence-electron chi connectivity index (χ0n) is 43.2. The Morgan fingerprint density at radius 1 is 0.372 bits per heavy atom. The van der Waals surface area contributed by atoms with Crippen molar-refractivity contribution < 1.29 is 13.6 Å². The zero-order valence-corrected chi connectivity index (χ0v) is 43.2. The highest BCUT2D eigenvalue weighted by atomic mass is 16.5. The molecular weight excluding hydrogens is 952 g/mol. The van der Waals surface area contributed by atoms with Crippen LogP contribution in [0, 0.1) is 0 Å². The number of nitrogens with zero attached hydrogens (tertiary/aromatic N) is 3. The lowest BCUT2D eigenvalue weighted by atomic mass is 9.30. The Kier molecular flexibility index (Phi) is 8.91. The normalized spacial score (nSPS) is 13.8. The van der Waals surface area contributed by atoms with E-state index in [4.69, 9.17) is 13.6 Å². The van der Waals surface area contributed by atoms with Crippen molar-refractivity contribution in [3.63, 3.8) is 0 Å². The topological polar surface area (TPSA) is 45.2 Å². The maximum absolute atomic E-state index is 7.25. The average Bonchev–Trinajstić information content (AvgIpc) is 3.21. The first-order chi connectivity index (χ1) is 38.4. The van der Waals surface area contributed by atoms with Crippen molar-refractivity contribution in [2.45, 2.75) is 26.2 Å². The minimum atomic E-state index is -0.187. The molecule has 0 amide bonds. The summed E-state index contributed by atoms with van der Waals surface area (Å²) in [4.78, 5) is 7.53. The van der Waals surface area contributed by atoms with Crippen LogP contribution in [0.5, 0.6) is 11.5 Å². The SMILES string of the molecule is CC(C)(C)c1ccc2oc3cc4c5c(c3c2c1)N(c1ccccc1)c1ccccc1B5c1cc2c(cc1N4c1ccccc1-c1ccccc1)N(c1ccccc1)c1cc3oc4ccccc4c3c3c1B2c1ccccc1O3. The van der Waals surface area contributed by atoms with Crippen LogP contribution in [0.1, 0.15) is 26.3 Å². The van der Waals surface area contributed by atoms with Crippen molar-refractivity contribution in [2.75, 3.05) is 14.7 Å². The number of hydrogen-bond donors (Lipinski definition) is 0. The molecule has 4 aliphatic heterocycles. The summed E-state index contributed by atoms with van der Waals surface area (Å²) in [6.07, 6.45) is 0. The largest absolute Gasteiger partial charge is 0.458 e. The van der Waals surface area contributed by atoms with Crippen molar-refractivity contribution in [1.29, 1.82) is 0 Å². The van der Waals surface area contributed by atoms with E-state index in [1.54, 1.807) is 0 Å². The second-order valence-electron chi connectivity index (χ2n) is 22.3. The molecule has 0 radical (unpaired) electrons. The molecule has 13 aromatic rings. The third kappa shape index (κ3) is 6.00. The first-order valence-corrected chi connectivity index (χ1v) is 27.1. The Bertz CT molecular complexity index is 4680. The van der Waals surface area contributed by atoms with Crippen molar-refractivity contribution in [3.8, 4) is 22.6 Å². The van der Waals surface area contributed by atoms with E-state index in [0.29, 0.717) is 0 Å². The van der Waals surface area contributed by atoms with Crippen LogP contribution in [-0.2, 0) is 5.41 Å². The Hall–Kier alpha value is -9.65. The summed E-state index contributed by atoms with van der Waals surface area (Å²) >= 11 is 0. The number of para-hydroxylation sites is 6. The van der Waals surface area contributed by atoms with Crippen LogP contribution >= 0.6 is 0 Å². The van der Waals surface area contributed by atoms with E-state index in [9.17, 15) is 0 Å². The highest BCUT2D eigenvalue weighted by molar-refractivity contribution is 7.03. The number of ether oxygens (including phenoxy) is 1. The van der Waals surface area contributed by atoms with Crippen LogP contribution in [0.15, 0.2) is 239 Å². The maximum atomic E-state index is 7.25. The third-order valence-electron chi connectivity index (χ3n) is 17.0. The summed E-state index contributed by atoms with van der Waals surface area (Å²) in [7, 11) is 0. The first-order valence-electron chi connectivity index (χ1n) is 27.1. The molecule has 6 nitrogen and oxygen atoms in total. The molecule has 8 heteroatoms. The number of hydrogen-bond acceptors (Lipinski definition) is 6. The Balaban J connectivity index is 1.05. The number of fused-ring (bicyclic) bond motifs is 16. The molecule has 0 atom stereocenters. The van der Waals surface area contributed by atoms with E-state index in [-0.39, 0.29) is 18.8 Å². The van der Waals surface area contributed by atoms with Crippen molar-refractivity contribution in [1.82, 2.24) is 0 Å². The molecule has 6 heterocycles. The van der Waals surface area contributed by atoms with Gasteiger partial charge in [0, 0.05) is 68.3 Å². The van der Waals surface area contributed by atoms with Crippen LogP contribution in [0.4, 0.5) is 51.2 Å². The summed E-state index contributed by atoms with van der Waals surface area (Å²) < 4.78 is 21.3. The fraction of sp³-hybridized carbons (Fsp3) is 0.0571. The van der Waals surface area contributed by atoms with Crippen LogP contribution in [-0.4, -0.2) is 13.4 Å². The predicted octanol–water partition coefficient (Wildman–Crippen LogP) is 14.9. The van der Waals surface area contributed by atoms with E-state index in [1.165, 1.54) is 27.4 Å². The fourth-order valence-electron chi connectivity index (χ4n) is 13.7. The van der Waals surface area contributed by atoms with E-state index in [1.807, 2.05) is 6.07 Å². The molecule has 17 rings (SSSR count). The second-order valence-corrected chi connectivity index (χ2v) is 22.3. The van der Waals surface area contributed by atoms with Gasteiger partial charge in [-0.25, -0.2) is 0 Å². The minimum Gasteiger partial charge on any atom is -0.458 e. The molecular formula is C70H47B2N3O3. The van der Waals surface area contributed by atoms with Gasteiger partial charge in [0.25, 0.3) is 13.4 Å². The lowest BCUT2D eigenvalue weighted by molar-refractivity contribution is 0.493. The molecule has 11 aromatic carbocycles. The lowest BCUT2D eigenvalue weighted by Gasteiger charge is -2.46. The molecule has 0 spiro atoms. The molecule has 2 aromatic heterocycles. The van der Waals surface area contributed by atoms with Gasteiger partial charge in [-0.15, -0.1) is 0 Å². The molecule has 78 heavy (non-hydrogen) atoms. The Morgan fingerprint density at radius 2 is 0.949 bits per heavy atom. The standard InChI is InChI=1S/C70H47B2N3O3/c1-70(2,3)43-35-36-60-48(37-43)64-62(77-60)40-57-66-68(64)74(45-25-11-6-12-26-45)54-32-18-15-29-49(54)71(66)52-38-51-55(39-56(52)75(57)53-31-17-13-27-46(53)42-21-7-4-8-22-42)73(44-23-9-5-10-24-44)58-41-63-65(47-28-14-19-33-59(47)76-63)69-67(58)72(51)50-30-16-20-34-61(50)78-69/h4-41H,1-3H3. The average molecular weight is 1000 g/mol. The van der Waals surface area contributed by atoms with Crippen molar-refractivity contribution in [2.24, 2.45) is 0 Å².